The fraction of sp³-hybridized carbons (Fsp3) is 0.280. The highest BCUT2D eigenvalue weighted by Gasteiger charge is 2.28. The largest absolute Gasteiger partial charge is 0.350 e. The highest BCUT2D eigenvalue weighted by Crippen LogP contribution is 2.21. The number of rotatable bonds is 7. The summed E-state index contributed by atoms with van der Waals surface area (Å²) in [5.74, 6) is -0.821. The molecule has 0 unspecified atom stereocenters. The standard InChI is InChI=1S/C25H27FN6O2/c1-31(2)12-5-8-23(33)29-22-10-9-17(14-20(22)26)24(34)32-13-11-19(16-32)28-25-27-15-18-6-3-4-7-21(18)30-25/h3-10,14-15,19H,11-13,16H2,1-2H3,(H,29,33)(H,27,28,30)/b8-5+/t19-/m1/s1. The Morgan fingerprint density at radius 1 is 1.24 bits per heavy atom. The van der Waals surface area contributed by atoms with Crippen LogP contribution in [0.5, 0.6) is 0 Å². The van der Waals surface area contributed by atoms with Gasteiger partial charge in [-0.1, -0.05) is 24.3 Å². The second-order valence-corrected chi connectivity index (χ2v) is 8.48. The van der Waals surface area contributed by atoms with Crippen LogP contribution in [0.2, 0.25) is 0 Å². The molecule has 9 heteroatoms. The third-order valence-electron chi connectivity index (χ3n) is 5.51. The molecule has 0 bridgehead atoms. The van der Waals surface area contributed by atoms with E-state index < -0.39 is 11.7 Å². The molecule has 2 N–H and O–H groups in total. The maximum absolute atomic E-state index is 14.6. The Kier molecular flexibility index (Phi) is 7.12. The van der Waals surface area contributed by atoms with Crippen molar-refractivity contribution in [1.29, 1.82) is 0 Å². The van der Waals surface area contributed by atoms with Crippen molar-refractivity contribution in [3.05, 3.63) is 72.2 Å². The van der Waals surface area contributed by atoms with Crippen LogP contribution in [-0.4, -0.2) is 71.4 Å². The van der Waals surface area contributed by atoms with Gasteiger partial charge in [-0.25, -0.2) is 14.4 Å². The summed E-state index contributed by atoms with van der Waals surface area (Å²) in [6, 6.07) is 11.8. The molecule has 1 atom stereocenters. The summed E-state index contributed by atoms with van der Waals surface area (Å²) in [6.45, 7) is 1.61. The summed E-state index contributed by atoms with van der Waals surface area (Å²) in [4.78, 5) is 37.3. The van der Waals surface area contributed by atoms with Crippen LogP contribution in [0.4, 0.5) is 16.0 Å². The molecule has 0 radical (unpaired) electrons. The van der Waals surface area contributed by atoms with Gasteiger partial charge in [0.2, 0.25) is 11.9 Å². The second-order valence-electron chi connectivity index (χ2n) is 8.48. The molecule has 0 spiro atoms. The Bertz CT molecular complexity index is 1230. The van der Waals surface area contributed by atoms with Crippen LogP contribution >= 0.6 is 0 Å². The number of aromatic nitrogens is 2. The van der Waals surface area contributed by atoms with Crippen molar-refractivity contribution in [3.63, 3.8) is 0 Å². The monoisotopic (exact) mass is 462 g/mol. The Balaban J connectivity index is 1.35. The van der Waals surface area contributed by atoms with Gasteiger partial charge in [-0.2, -0.15) is 0 Å². The van der Waals surface area contributed by atoms with E-state index in [4.69, 9.17) is 0 Å². The minimum absolute atomic E-state index is 0.00229. The van der Waals surface area contributed by atoms with E-state index in [2.05, 4.69) is 20.6 Å². The zero-order valence-corrected chi connectivity index (χ0v) is 19.2. The van der Waals surface area contributed by atoms with Crippen LogP contribution in [0.25, 0.3) is 10.9 Å². The summed E-state index contributed by atoms with van der Waals surface area (Å²) in [5.41, 5.74) is 1.12. The van der Waals surface area contributed by atoms with E-state index in [1.54, 1.807) is 17.2 Å². The number of carbonyl (C=O) groups is 2. The minimum Gasteiger partial charge on any atom is -0.350 e. The van der Waals surface area contributed by atoms with E-state index in [-0.39, 0.29) is 23.2 Å². The first-order chi connectivity index (χ1) is 16.4. The smallest absolute Gasteiger partial charge is 0.254 e. The average molecular weight is 463 g/mol. The fourth-order valence-corrected chi connectivity index (χ4v) is 3.76. The zero-order valence-electron chi connectivity index (χ0n) is 19.2. The average Bonchev–Trinajstić information content (AvgIpc) is 3.28. The number of likely N-dealkylation sites (N-methyl/N-ethyl adjacent to an activating group) is 1. The molecule has 2 heterocycles. The molecule has 1 aliphatic heterocycles. The molecule has 0 saturated carbocycles. The maximum Gasteiger partial charge on any atom is 0.254 e. The van der Waals surface area contributed by atoms with Crippen LogP contribution in [0.3, 0.4) is 0 Å². The van der Waals surface area contributed by atoms with Gasteiger partial charge in [0.15, 0.2) is 0 Å². The van der Waals surface area contributed by atoms with Crippen molar-refractivity contribution in [2.75, 3.05) is 44.4 Å². The first-order valence-corrected chi connectivity index (χ1v) is 11.1. The summed E-state index contributed by atoms with van der Waals surface area (Å²) < 4.78 is 14.6. The van der Waals surface area contributed by atoms with Crippen LogP contribution in [0.15, 0.2) is 60.8 Å². The molecule has 8 nitrogen and oxygen atoms in total. The lowest BCUT2D eigenvalue weighted by Crippen LogP contribution is -2.32. The van der Waals surface area contributed by atoms with Gasteiger partial charge in [0, 0.05) is 48.9 Å². The number of anilines is 2. The van der Waals surface area contributed by atoms with E-state index in [0.29, 0.717) is 25.6 Å². The molecule has 4 rings (SSSR count). The number of amides is 2. The van der Waals surface area contributed by atoms with Crippen molar-refractivity contribution in [3.8, 4) is 0 Å². The summed E-state index contributed by atoms with van der Waals surface area (Å²) in [7, 11) is 3.76. The number of benzene rings is 2. The Labute approximate surface area is 197 Å². The van der Waals surface area contributed by atoms with Gasteiger partial charge < -0.3 is 20.4 Å². The number of likely N-dealkylation sites (tertiary alicyclic amines) is 1. The lowest BCUT2D eigenvalue weighted by atomic mass is 10.1. The molecular formula is C25H27FN6O2. The van der Waals surface area contributed by atoms with Crippen molar-refractivity contribution >= 4 is 34.4 Å². The van der Waals surface area contributed by atoms with Crippen molar-refractivity contribution in [2.45, 2.75) is 12.5 Å². The number of nitrogens with one attached hydrogen (secondary N) is 2. The fourth-order valence-electron chi connectivity index (χ4n) is 3.76. The molecule has 3 aromatic rings. The Hall–Kier alpha value is -3.85. The SMILES string of the molecule is CN(C)C/C=C/C(=O)Nc1ccc(C(=O)N2CC[C@@H](Nc3ncc4ccccc4n3)C2)cc1F. The summed E-state index contributed by atoms with van der Waals surface area (Å²) in [6.07, 6.45) is 5.54. The van der Waals surface area contributed by atoms with Gasteiger partial charge in [-0.05, 0) is 44.8 Å². The summed E-state index contributed by atoms with van der Waals surface area (Å²) in [5, 5.41) is 6.75. The van der Waals surface area contributed by atoms with E-state index >= 15 is 0 Å². The normalized spacial score (nSPS) is 15.9. The third-order valence-corrected chi connectivity index (χ3v) is 5.51. The summed E-state index contributed by atoms with van der Waals surface area (Å²) >= 11 is 0. The number of nitrogens with zero attached hydrogens (tertiary/aromatic N) is 4. The number of para-hydroxylation sites is 1. The first-order valence-electron chi connectivity index (χ1n) is 11.1. The molecule has 2 aromatic carbocycles. The number of hydrogen-bond donors (Lipinski definition) is 2. The number of fused-ring (bicyclic) bond motifs is 1. The van der Waals surface area contributed by atoms with Crippen molar-refractivity contribution in [2.24, 2.45) is 0 Å². The predicted octanol–water partition coefficient (Wildman–Crippen LogP) is 3.15. The van der Waals surface area contributed by atoms with Gasteiger partial charge >= 0.3 is 0 Å². The van der Waals surface area contributed by atoms with Gasteiger partial charge in [0.1, 0.15) is 5.82 Å². The molecular weight excluding hydrogens is 435 g/mol. The predicted molar refractivity (Wildman–Crippen MR) is 130 cm³/mol. The first kappa shape index (κ1) is 23.3. The van der Waals surface area contributed by atoms with Crippen molar-refractivity contribution in [1.82, 2.24) is 19.8 Å². The van der Waals surface area contributed by atoms with E-state index in [0.717, 1.165) is 23.4 Å². The molecule has 1 aromatic heterocycles. The maximum atomic E-state index is 14.6. The lowest BCUT2D eigenvalue weighted by molar-refractivity contribution is -0.111. The molecule has 2 amide bonds. The molecule has 1 fully saturated rings. The van der Waals surface area contributed by atoms with Gasteiger partial charge in [0.05, 0.1) is 11.2 Å². The molecule has 0 aliphatic carbocycles. The number of hydrogen-bond acceptors (Lipinski definition) is 6. The Morgan fingerprint density at radius 2 is 2.06 bits per heavy atom. The molecule has 34 heavy (non-hydrogen) atoms. The highest BCUT2D eigenvalue weighted by molar-refractivity contribution is 6.00. The van der Waals surface area contributed by atoms with Crippen LogP contribution in [-0.2, 0) is 4.79 Å². The zero-order chi connectivity index (χ0) is 24.1. The van der Waals surface area contributed by atoms with Gasteiger partial charge in [-0.15, -0.1) is 0 Å². The second kappa shape index (κ2) is 10.4. The van der Waals surface area contributed by atoms with E-state index in [1.807, 2.05) is 43.3 Å². The van der Waals surface area contributed by atoms with Crippen LogP contribution in [0.1, 0.15) is 16.8 Å². The molecule has 1 aliphatic rings. The van der Waals surface area contributed by atoms with E-state index in [9.17, 15) is 14.0 Å². The molecule has 176 valence electrons. The number of carbonyl (C=O) groups excluding carboxylic acids is 2. The van der Waals surface area contributed by atoms with Crippen LogP contribution < -0.4 is 10.6 Å². The topological polar surface area (TPSA) is 90.5 Å². The van der Waals surface area contributed by atoms with Crippen molar-refractivity contribution < 1.29 is 14.0 Å². The van der Waals surface area contributed by atoms with Gasteiger partial charge in [-0.3, -0.25) is 9.59 Å². The quantitative estimate of drug-likeness (QED) is 0.525. The minimum atomic E-state index is -0.654. The van der Waals surface area contributed by atoms with Gasteiger partial charge in [0.25, 0.3) is 5.91 Å². The lowest BCUT2D eigenvalue weighted by Gasteiger charge is -2.18. The number of halogens is 1. The van der Waals surface area contributed by atoms with Crippen LogP contribution in [0, 0.1) is 5.82 Å². The highest BCUT2D eigenvalue weighted by atomic mass is 19.1. The third kappa shape index (κ3) is 5.74. The Morgan fingerprint density at radius 3 is 2.85 bits per heavy atom. The van der Waals surface area contributed by atoms with E-state index in [1.165, 1.54) is 18.2 Å². The molecule has 1 saturated heterocycles.